The third-order valence-electron chi connectivity index (χ3n) is 1.30. The average molecular weight is 176 g/mol. The van der Waals surface area contributed by atoms with Crippen molar-refractivity contribution < 1.29 is 4.79 Å². The van der Waals surface area contributed by atoms with Crippen molar-refractivity contribution in [3.63, 3.8) is 0 Å². The summed E-state index contributed by atoms with van der Waals surface area (Å²) in [7, 11) is 0. The van der Waals surface area contributed by atoms with Crippen LogP contribution in [0.1, 0.15) is 19.8 Å². The topological polar surface area (TPSA) is 55.1 Å². The molecule has 0 saturated carbocycles. The van der Waals surface area contributed by atoms with Crippen LogP contribution in [0.4, 0.5) is 0 Å². The van der Waals surface area contributed by atoms with Crippen LogP contribution in [-0.4, -0.2) is 24.2 Å². The number of nitrogens with two attached hydrogens (primary N) is 1. The normalized spacial score (nSPS) is 12.6. The highest BCUT2D eigenvalue weighted by Crippen LogP contribution is 1.88. The summed E-state index contributed by atoms with van der Waals surface area (Å²) >= 11 is 4.05. The third-order valence-corrected chi connectivity index (χ3v) is 1.61. The average Bonchev–Trinajstić information content (AvgIpc) is 1.97. The summed E-state index contributed by atoms with van der Waals surface area (Å²) in [6.07, 6.45) is 2.00. The van der Waals surface area contributed by atoms with Gasteiger partial charge in [-0.25, -0.2) is 0 Å². The molecule has 0 radical (unpaired) electrons. The van der Waals surface area contributed by atoms with E-state index in [-0.39, 0.29) is 5.91 Å². The van der Waals surface area contributed by atoms with Crippen LogP contribution in [-0.2, 0) is 4.79 Å². The molecule has 0 aliphatic rings. The van der Waals surface area contributed by atoms with Crippen molar-refractivity contribution >= 4 is 18.5 Å². The van der Waals surface area contributed by atoms with Crippen molar-refractivity contribution in [1.29, 1.82) is 0 Å². The van der Waals surface area contributed by atoms with Gasteiger partial charge < -0.3 is 11.1 Å². The molecule has 0 aromatic heterocycles. The minimum absolute atomic E-state index is 0.0795. The fraction of sp³-hybridized carbons (Fsp3) is 0.857. The molecular formula is C7H16N2OS. The lowest BCUT2D eigenvalue weighted by Gasteiger charge is -2.06. The molecule has 0 aromatic rings. The van der Waals surface area contributed by atoms with Crippen molar-refractivity contribution in [3.05, 3.63) is 0 Å². The fourth-order valence-electron chi connectivity index (χ4n) is 0.609. The number of carbonyl (C=O) groups excluding carboxylic acids is 1. The van der Waals surface area contributed by atoms with E-state index >= 15 is 0 Å². The lowest BCUT2D eigenvalue weighted by atomic mass is 10.3. The van der Waals surface area contributed by atoms with E-state index in [9.17, 15) is 4.79 Å². The number of rotatable bonds is 5. The Morgan fingerprint density at radius 2 is 2.27 bits per heavy atom. The Labute approximate surface area is 73.1 Å². The molecule has 0 saturated heterocycles. The van der Waals surface area contributed by atoms with Crippen LogP contribution in [0.15, 0.2) is 0 Å². The second-order valence-corrected chi connectivity index (χ2v) is 2.96. The molecular weight excluding hydrogens is 160 g/mol. The highest BCUT2D eigenvalue weighted by atomic mass is 32.1. The number of amides is 1. The van der Waals surface area contributed by atoms with E-state index in [0.717, 1.165) is 18.6 Å². The van der Waals surface area contributed by atoms with Gasteiger partial charge in [-0.3, -0.25) is 4.79 Å². The van der Waals surface area contributed by atoms with Gasteiger partial charge in [0.05, 0.1) is 6.04 Å². The smallest absolute Gasteiger partial charge is 0.236 e. The minimum Gasteiger partial charge on any atom is -0.355 e. The molecule has 1 amide bonds. The zero-order valence-corrected chi connectivity index (χ0v) is 7.73. The molecule has 0 aliphatic heterocycles. The van der Waals surface area contributed by atoms with Crippen LogP contribution in [0.25, 0.3) is 0 Å². The molecule has 1 atom stereocenters. The summed E-state index contributed by atoms with van der Waals surface area (Å²) in [5.41, 5.74) is 5.32. The van der Waals surface area contributed by atoms with E-state index in [4.69, 9.17) is 5.73 Å². The van der Waals surface area contributed by atoms with Crippen LogP contribution in [0.2, 0.25) is 0 Å². The number of thiol groups is 1. The molecule has 3 N–H and O–H groups in total. The van der Waals surface area contributed by atoms with Gasteiger partial charge in [0.1, 0.15) is 0 Å². The lowest BCUT2D eigenvalue weighted by Crippen LogP contribution is -2.38. The van der Waals surface area contributed by atoms with Crippen molar-refractivity contribution in [3.8, 4) is 0 Å². The highest BCUT2D eigenvalue weighted by Gasteiger charge is 2.04. The molecule has 11 heavy (non-hydrogen) atoms. The number of unbranched alkanes of at least 4 members (excludes halogenated alkanes) is 1. The molecule has 0 fully saturated rings. The third kappa shape index (κ3) is 6.19. The SMILES string of the molecule is C[C@H](N)C(=O)NCCCCS. The summed E-state index contributed by atoms with van der Waals surface area (Å²) in [4.78, 5) is 10.9. The molecule has 0 rings (SSSR count). The Morgan fingerprint density at radius 3 is 2.73 bits per heavy atom. The Morgan fingerprint density at radius 1 is 1.64 bits per heavy atom. The second-order valence-electron chi connectivity index (χ2n) is 2.51. The zero-order chi connectivity index (χ0) is 8.69. The molecule has 4 heteroatoms. The van der Waals surface area contributed by atoms with Gasteiger partial charge in [-0.15, -0.1) is 0 Å². The first-order chi connectivity index (χ1) is 5.18. The number of carbonyl (C=O) groups is 1. The van der Waals surface area contributed by atoms with Crippen molar-refractivity contribution in [1.82, 2.24) is 5.32 Å². The molecule has 0 heterocycles. The molecule has 0 aromatic carbocycles. The van der Waals surface area contributed by atoms with Crippen molar-refractivity contribution in [2.24, 2.45) is 5.73 Å². The van der Waals surface area contributed by atoms with E-state index < -0.39 is 6.04 Å². The van der Waals surface area contributed by atoms with Crippen LogP contribution in [0.3, 0.4) is 0 Å². The van der Waals surface area contributed by atoms with Gasteiger partial charge in [-0.2, -0.15) is 12.6 Å². The Kier molecular flexibility index (Phi) is 6.36. The first-order valence-corrected chi connectivity index (χ1v) is 4.46. The largest absolute Gasteiger partial charge is 0.355 e. The predicted octanol–water partition coefficient (Wildman–Crippen LogP) is 0.160. The summed E-state index contributed by atoms with van der Waals surface area (Å²) in [6, 6.07) is -0.397. The maximum atomic E-state index is 10.9. The van der Waals surface area contributed by atoms with E-state index in [0.29, 0.717) is 6.54 Å². The van der Waals surface area contributed by atoms with E-state index in [1.807, 2.05) is 0 Å². The Bertz CT molecular complexity index is 117. The van der Waals surface area contributed by atoms with E-state index in [2.05, 4.69) is 17.9 Å². The Balaban J connectivity index is 3.18. The molecule has 66 valence electrons. The second kappa shape index (κ2) is 6.49. The van der Waals surface area contributed by atoms with Crippen LogP contribution in [0.5, 0.6) is 0 Å². The maximum absolute atomic E-state index is 10.9. The van der Waals surface area contributed by atoms with Gasteiger partial charge in [-0.05, 0) is 25.5 Å². The maximum Gasteiger partial charge on any atom is 0.236 e. The quantitative estimate of drug-likeness (QED) is 0.413. The molecule has 0 spiro atoms. The summed E-state index contributed by atoms with van der Waals surface area (Å²) in [6.45, 7) is 2.38. The number of hydrogen-bond donors (Lipinski definition) is 3. The van der Waals surface area contributed by atoms with Gasteiger partial charge in [0, 0.05) is 6.54 Å². The summed E-state index contributed by atoms with van der Waals surface area (Å²) < 4.78 is 0. The minimum atomic E-state index is -0.397. The number of hydrogen-bond acceptors (Lipinski definition) is 3. The predicted molar refractivity (Wildman–Crippen MR) is 49.7 cm³/mol. The first kappa shape index (κ1) is 10.8. The van der Waals surface area contributed by atoms with Gasteiger partial charge in [0.2, 0.25) is 5.91 Å². The number of nitrogens with one attached hydrogen (secondary N) is 1. The Hall–Kier alpha value is -0.220. The summed E-state index contributed by atoms with van der Waals surface area (Å²) in [5.74, 6) is 0.790. The van der Waals surface area contributed by atoms with Gasteiger partial charge in [0.15, 0.2) is 0 Å². The van der Waals surface area contributed by atoms with Crippen molar-refractivity contribution in [2.45, 2.75) is 25.8 Å². The molecule has 0 bridgehead atoms. The van der Waals surface area contributed by atoms with Crippen LogP contribution in [0, 0.1) is 0 Å². The first-order valence-electron chi connectivity index (χ1n) is 3.82. The van der Waals surface area contributed by atoms with Gasteiger partial charge >= 0.3 is 0 Å². The molecule has 3 nitrogen and oxygen atoms in total. The molecule has 0 unspecified atom stereocenters. The van der Waals surface area contributed by atoms with Crippen LogP contribution < -0.4 is 11.1 Å². The van der Waals surface area contributed by atoms with Gasteiger partial charge in [-0.1, -0.05) is 0 Å². The standard InChI is InChI=1S/C7H16N2OS/c1-6(8)7(10)9-4-2-3-5-11/h6,11H,2-5,8H2,1H3,(H,9,10)/t6-/m0/s1. The van der Waals surface area contributed by atoms with Gasteiger partial charge in [0.25, 0.3) is 0 Å². The van der Waals surface area contributed by atoms with E-state index in [1.165, 1.54) is 0 Å². The summed E-state index contributed by atoms with van der Waals surface area (Å²) in [5, 5.41) is 2.72. The monoisotopic (exact) mass is 176 g/mol. The van der Waals surface area contributed by atoms with Crippen LogP contribution >= 0.6 is 12.6 Å². The van der Waals surface area contributed by atoms with Crippen molar-refractivity contribution in [2.75, 3.05) is 12.3 Å². The fourth-order valence-corrected chi connectivity index (χ4v) is 0.833. The zero-order valence-electron chi connectivity index (χ0n) is 6.84. The highest BCUT2D eigenvalue weighted by molar-refractivity contribution is 7.80. The molecule has 0 aliphatic carbocycles. The van der Waals surface area contributed by atoms with E-state index in [1.54, 1.807) is 6.92 Å². The lowest BCUT2D eigenvalue weighted by molar-refractivity contribution is -0.121.